The summed E-state index contributed by atoms with van der Waals surface area (Å²) in [6, 6.07) is 6.60. The summed E-state index contributed by atoms with van der Waals surface area (Å²) in [6.07, 6.45) is 0.476. The van der Waals surface area contributed by atoms with Gasteiger partial charge in [-0.25, -0.2) is 4.99 Å². The van der Waals surface area contributed by atoms with Crippen molar-refractivity contribution < 1.29 is 9.59 Å². The van der Waals surface area contributed by atoms with Crippen LogP contribution in [0, 0.1) is 0 Å². The normalized spacial score (nSPS) is 18.2. The molecule has 1 aliphatic rings. The van der Waals surface area contributed by atoms with E-state index in [9.17, 15) is 9.59 Å². The second-order valence-corrected chi connectivity index (χ2v) is 3.59. The number of amides is 2. The number of fused-ring (bicyclic) bond motifs is 1. The lowest BCUT2D eigenvalue weighted by Crippen LogP contribution is -2.36. The van der Waals surface area contributed by atoms with Gasteiger partial charge in [0.15, 0.2) is 0 Å². The Labute approximate surface area is 91.7 Å². The van der Waals surface area contributed by atoms with Crippen molar-refractivity contribution >= 4 is 11.8 Å². The number of hydrogen-bond acceptors (Lipinski definition) is 3. The van der Waals surface area contributed by atoms with Crippen molar-refractivity contribution in [3.05, 3.63) is 35.0 Å². The van der Waals surface area contributed by atoms with E-state index >= 15 is 0 Å². The van der Waals surface area contributed by atoms with E-state index in [2.05, 4.69) is 9.98 Å². The number of nitrogens with zero attached hydrogens (tertiary/aromatic N) is 2. The Kier molecular flexibility index (Phi) is 2.76. The molecule has 2 rings (SSSR count). The summed E-state index contributed by atoms with van der Waals surface area (Å²) in [5.41, 5.74) is 5.03. The first-order valence-electron chi connectivity index (χ1n) is 5.00. The number of rotatable bonds is 3. The zero-order valence-corrected chi connectivity index (χ0v) is 8.59. The lowest BCUT2D eigenvalue weighted by Gasteiger charge is -2.10. The quantitative estimate of drug-likeness (QED) is 0.711. The van der Waals surface area contributed by atoms with E-state index in [4.69, 9.17) is 5.73 Å². The lowest BCUT2D eigenvalue weighted by atomic mass is 10.1. The molecule has 1 aliphatic heterocycles. The third kappa shape index (κ3) is 2.13. The van der Waals surface area contributed by atoms with Crippen LogP contribution in [0.1, 0.15) is 12.8 Å². The van der Waals surface area contributed by atoms with Crippen molar-refractivity contribution in [3.63, 3.8) is 0 Å². The van der Waals surface area contributed by atoms with Crippen molar-refractivity contribution in [3.8, 4) is 0 Å². The Bertz CT molecular complexity index is 551. The molecule has 0 saturated heterocycles. The molecule has 16 heavy (non-hydrogen) atoms. The fraction of sp³-hybridized carbons (Fsp3) is 0.273. The summed E-state index contributed by atoms with van der Waals surface area (Å²) >= 11 is 0. The molecular formula is C11H11N3O2. The van der Waals surface area contributed by atoms with E-state index in [-0.39, 0.29) is 12.3 Å². The summed E-state index contributed by atoms with van der Waals surface area (Å²) in [5, 5.41) is 1.28. The fourth-order valence-electron chi connectivity index (χ4n) is 1.55. The van der Waals surface area contributed by atoms with Gasteiger partial charge in [0, 0.05) is 6.42 Å². The van der Waals surface area contributed by atoms with Crippen LogP contribution in [0.4, 0.5) is 0 Å². The molecule has 82 valence electrons. The number of carbonyl (C=O) groups is 2. The highest BCUT2D eigenvalue weighted by molar-refractivity contribution is 5.84. The standard InChI is InChI=1S/C11H11N3O2/c12-10(15)6-5-9-11(16)14-8-4-2-1-3-7(8)13-9/h1-4,9H,5-6H2,(H2,12,15). The molecule has 0 fully saturated rings. The maximum Gasteiger partial charge on any atom is 0.271 e. The highest BCUT2D eigenvalue weighted by Crippen LogP contribution is 2.04. The van der Waals surface area contributed by atoms with Crippen molar-refractivity contribution in [2.75, 3.05) is 0 Å². The molecule has 2 amide bonds. The molecule has 1 atom stereocenters. The van der Waals surface area contributed by atoms with Crippen molar-refractivity contribution in [1.82, 2.24) is 0 Å². The Morgan fingerprint density at radius 1 is 1.31 bits per heavy atom. The fourth-order valence-corrected chi connectivity index (χ4v) is 1.55. The van der Waals surface area contributed by atoms with Crippen molar-refractivity contribution in [2.24, 2.45) is 15.7 Å². The van der Waals surface area contributed by atoms with Crippen LogP contribution < -0.4 is 16.4 Å². The van der Waals surface area contributed by atoms with Gasteiger partial charge in [-0.3, -0.25) is 14.6 Å². The molecule has 1 unspecified atom stereocenters. The van der Waals surface area contributed by atoms with Gasteiger partial charge in [-0.15, -0.1) is 0 Å². The largest absolute Gasteiger partial charge is 0.370 e. The zero-order chi connectivity index (χ0) is 11.5. The minimum atomic E-state index is -0.567. The van der Waals surface area contributed by atoms with Crippen molar-refractivity contribution in [1.29, 1.82) is 0 Å². The van der Waals surface area contributed by atoms with Crippen LogP contribution in [0.25, 0.3) is 0 Å². The molecule has 0 aliphatic carbocycles. The van der Waals surface area contributed by atoms with Gasteiger partial charge in [-0.05, 0) is 18.6 Å². The summed E-state index contributed by atoms with van der Waals surface area (Å²) in [7, 11) is 0. The van der Waals surface area contributed by atoms with Crippen LogP contribution in [0.15, 0.2) is 34.3 Å². The molecule has 1 aromatic carbocycles. The zero-order valence-electron chi connectivity index (χ0n) is 8.59. The molecule has 0 spiro atoms. The monoisotopic (exact) mass is 217 g/mol. The van der Waals surface area contributed by atoms with E-state index in [0.717, 1.165) is 0 Å². The van der Waals surface area contributed by atoms with Gasteiger partial charge in [0.2, 0.25) is 5.91 Å². The Morgan fingerprint density at radius 2 is 2.00 bits per heavy atom. The number of carbonyl (C=O) groups excluding carboxylic acids is 2. The smallest absolute Gasteiger partial charge is 0.271 e. The molecule has 5 nitrogen and oxygen atoms in total. The van der Waals surface area contributed by atoms with Gasteiger partial charge >= 0.3 is 0 Å². The third-order valence-electron chi connectivity index (χ3n) is 2.36. The van der Waals surface area contributed by atoms with Crippen molar-refractivity contribution in [2.45, 2.75) is 18.9 Å². The molecule has 0 bridgehead atoms. The minimum Gasteiger partial charge on any atom is -0.370 e. The maximum atomic E-state index is 11.6. The van der Waals surface area contributed by atoms with E-state index in [1.54, 1.807) is 18.2 Å². The van der Waals surface area contributed by atoms with Gasteiger partial charge < -0.3 is 5.73 Å². The molecule has 1 heterocycles. The van der Waals surface area contributed by atoms with Crippen LogP contribution in [0.3, 0.4) is 0 Å². The second-order valence-electron chi connectivity index (χ2n) is 3.59. The van der Waals surface area contributed by atoms with Crippen LogP contribution in [-0.2, 0) is 9.59 Å². The summed E-state index contributed by atoms with van der Waals surface area (Å²) in [4.78, 5) is 30.4. The van der Waals surface area contributed by atoms with Gasteiger partial charge in [-0.2, -0.15) is 0 Å². The number of primary amides is 1. The number of benzene rings is 1. The molecule has 0 aromatic heterocycles. The highest BCUT2D eigenvalue weighted by atomic mass is 16.2. The minimum absolute atomic E-state index is 0.150. The SMILES string of the molecule is NC(=O)CCC1N=c2ccccc2=NC1=O. The Hall–Kier alpha value is -2.04. The number of nitrogens with two attached hydrogens (primary N) is 1. The van der Waals surface area contributed by atoms with E-state index < -0.39 is 11.9 Å². The summed E-state index contributed by atoms with van der Waals surface area (Å²) in [5.74, 6) is -0.734. The number of para-hydroxylation sites is 2. The summed E-state index contributed by atoms with van der Waals surface area (Å²) in [6.45, 7) is 0. The second kappa shape index (κ2) is 4.22. The predicted octanol–water partition coefficient (Wildman–Crippen LogP) is -0.900. The maximum absolute atomic E-state index is 11.6. The topological polar surface area (TPSA) is 84.9 Å². The van der Waals surface area contributed by atoms with Gasteiger partial charge in [0.05, 0.1) is 10.7 Å². The van der Waals surface area contributed by atoms with Crippen LogP contribution in [0.2, 0.25) is 0 Å². The molecule has 0 radical (unpaired) electrons. The Morgan fingerprint density at radius 3 is 2.69 bits per heavy atom. The Balaban J connectivity index is 2.29. The number of hydrogen-bond donors (Lipinski definition) is 1. The summed E-state index contributed by atoms with van der Waals surface area (Å²) < 4.78 is 0. The van der Waals surface area contributed by atoms with Crippen LogP contribution in [0.5, 0.6) is 0 Å². The molecule has 5 heteroatoms. The van der Waals surface area contributed by atoms with Gasteiger partial charge in [0.1, 0.15) is 6.04 Å². The molecular weight excluding hydrogens is 206 g/mol. The average molecular weight is 217 g/mol. The van der Waals surface area contributed by atoms with Gasteiger partial charge in [0.25, 0.3) is 5.91 Å². The molecule has 2 N–H and O–H groups in total. The van der Waals surface area contributed by atoms with Gasteiger partial charge in [-0.1, -0.05) is 12.1 Å². The lowest BCUT2D eigenvalue weighted by molar-refractivity contribution is -0.120. The average Bonchev–Trinajstić information content (AvgIpc) is 2.26. The predicted molar refractivity (Wildman–Crippen MR) is 56.0 cm³/mol. The highest BCUT2D eigenvalue weighted by Gasteiger charge is 2.19. The first-order chi connectivity index (χ1) is 7.66. The van der Waals surface area contributed by atoms with Crippen LogP contribution >= 0.6 is 0 Å². The first kappa shape index (κ1) is 10.5. The van der Waals surface area contributed by atoms with Crippen LogP contribution in [-0.4, -0.2) is 17.9 Å². The van der Waals surface area contributed by atoms with E-state index in [1.165, 1.54) is 0 Å². The third-order valence-corrected chi connectivity index (χ3v) is 2.36. The first-order valence-corrected chi connectivity index (χ1v) is 5.00. The van der Waals surface area contributed by atoms with E-state index in [1.807, 2.05) is 6.07 Å². The molecule has 0 saturated carbocycles. The molecule has 1 aromatic rings. The van der Waals surface area contributed by atoms with E-state index in [0.29, 0.717) is 17.1 Å².